The van der Waals surface area contributed by atoms with Crippen molar-refractivity contribution in [3.8, 4) is 0 Å². The van der Waals surface area contributed by atoms with Crippen LogP contribution in [0.5, 0.6) is 0 Å². The summed E-state index contributed by atoms with van der Waals surface area (Å²) in [6, 6.07) is 20.6. The molecule has 200 valence electrons. The molecular formula is C30H30F4N2O2. The van der Waals surface area contributed by atoms with E-state index in [-0.39, 0.29) is 30.6 Å². The predicted molar refractivity (Wildman–Crippen MR) is 136 cm³/mol. The third-order valence-electron chi connectivity index (χ3n) is 7.22. The highest BCUT2D eigenvalue weighted by molar-refractivity contribution is 5.84. The number of nitrogens with zero attached hydrogens (tertiary/aromatic N) is 1. The molecule has 1 N–H and O–H groups in total. The van der Waals surface area contributed by atoms with E-state index in [0.29, 0.717) is 44.3 Å². The summed E-state index contributed by atoms with van der Waals surface area (Å²) in [6.45, 7) is 1.12. The van der Waals surface area contributed by atoms with Crippen LogP contribution in [-0.2, 0) is 35.2 Å². The van der Waals surface area contributed by atoms with Crippen LogP contribution >= 0.6 is 0 Å². The number of benzene rings is 3. The zero-order chi connectivity index (χ0) is 27.2. The highest BCUT2D eigenvalue weighted by Crippen LogP contribution is 2.36. The van der Waals surface area contributed by atoms with Crippen LogP contribution in [-0.4, -0.2) is 29.8 Å². The number of piperidine rings is 1. The van der Waals surface area contributed by atoms with E-state index in [9.17, 15) is 27.2 Å². The highest BCUT2D eigenvalue weighted by Gasteiger charge is 2.42. The molecule has 1 aliphatic heterocycles. The summed E-state index contributed by atoms with van der Waals surface area (Å²) in [7, 11) is 0. The summed E-state index contributed by atoms with van der Waals surface area (Å²) in [5, 5.41) is 3.01. The zero-order valence-corrected chi connectivity index (χ0v) is 20.9. The summed E-state index contributed by atoms with van der Waals surface area (Å²) < 4.78 is 51.6. The van der Waals surface area contributed by atoms with Gasteiger partial charge >= 0.3 is 6.18 Å². The van der Waals surface area contributed by atoms with Crippen LogP contribution in [0.1, 0.15) is 41.5 Å². The predicted octanol–water partition coefficient (Wildman–Crippen LogP) is 5.95. The lowest BCUT2D eigenvalue weighted by molar-refractivity contribution is -0.140. The molecule has 1 aliphatic rings. The molecule has 0 spiro atoms. The number of hydrogen-bond acceptors (Lipinski definition) is 2. The minimum atomic E-state index is -4.39. The van der Waals surface area contributed by atoms with Gasteiger partial charge in [0.05, 0.1) is 11.0 Å². The van der Waals surface area contributed by atoms with Crippen LogP contribution in [0.15, 0.2) is 78.9 Å². The Bertz CT molecular complexity index is 1220. The normalized spacial score (nSPS) is 15.2. The molecule has 0 radical (unpaired) electrons. The van der Waals surface area contributed by atoms with Crippen molar-refractivity contribution >= 4 is 11.8 Å². The van der Waals surface area contributed by atoms with E-state index in [1.807, 2.05) is 30.3 Å². The van der Waals surface area contributed by atoms with Crippen molar-refractivity contribution < 1.29 is 27.2 Å². The molecule has 4 nitrogen and oxygen atoms in total. The zero-order valence-electron chi connectivity index (χ0n) is 20.9. The van der Waals surface area contributed by atoms with E-state index in [1.165, 1.54) is 24.3 Å². The molecule has 1 saturated heterocycles. The number of aryl methyl sites for hydroxylation is 1. The minimum absolute atomic E-state index is 0.0788. The molecule has 0 aromatic heterocycles. The smallest absolute Gasteiger partial charge is 0.352 e. The quantitative estimate of drug-likeness (QED) is 0.369. The van der Waals surface area contributed by atoms with Crippen molar-refractivity contribution in [2.24, 2.45) is 5.41 Å². The molecule has 0 bridgehead atoms. The molecule has 8 heteroatoms. The number of likely N-dealkylation sites (tertiary alicyclic amines) is 1. The van der Waals surface area contributed by atoms with Gasteiger partial charge in [0, 0.05) is 26.1 Å². The lowest BCUT2D eigenvalue weighted by atomic mass is 9.72. The van der Waals surface area contributed by atoms with E-state index < -0.39 is 17.2 Å². The molecule has 0 saturated carbocycles. The standard InChI is InChI=1S/C30H30F4N2O2/c31-26-13-8-24(9-14-26)21-35-28(38)29(20-23-4-2-1-3-5-23)16-18-36(19-17-29)27(37)15-10-22-6-11-25(12-7-22)30(32,33)34/h1-9,11-14H,10,15-21H2,(H,35,38). The Kier molecular flexibility index (Phi) is 8.49. The fourth-order valence-electron chi connectivity index (χ4n) is 4.90. The van der Waals surface area contributed by atoms with Crippen LogP contribution < -0.4 is 5.32 Å². The van der Waals surface area contributed by atoms with Gasteiger partial charge in [-0.1, -0.05) is 54.6 Å². The minimum Gasteiger partial charge on any atom is -0.352 e. The fraction of sp³-hybridized carbons (Fsp3) is 0.333. The van der Waals surface area contributed by atoms with Gasteiger partial charge in [0.1, 0.15) is 5.82 Å². The summed E-state index contributed by atoms with van der Waals surface area (Å²) in [4.78, 5) is 28.1. The first-order chi connectivity index (χ1) is 18.1. The van der Waals surface area contributed by atoms with Crippen molar-refractivity contribution in [2.75, 3.05) is 13.1 Å². The Morgan fingerprint density at radius 2 is 1.42 bits per heavy atom. The molecule has 1 heterocycles. The van der Waals surface area contributed by atoms with Crippen molar-refractivity contribution in [3.63, 3.8) is 0 Å². The third-order valence-corrected chi connectivity index (χ3v) is 7.22. The van der Waals surface area contributed by atoms with E-state index in [2.05, 4.69) is 5.32 Å². The van der Waals surface area contributed by atoms with Crippen molar-refractivity contribution in [2.45, 2.75) is 44.8 Å². The fourth-order valence-corrected chi connectivity index (χ4v) is 4.90. The Labute approximate surface area is 219 Å². The largest absolute Gasteiger partial charge is 0.416 e. The lowest BCUT2D eigenvalue weighted by Gasteiger charge is -2.41. The molecule has 0 unspecified atom stereocenters. The van der Waals surface area contributed by atoms with Crippen LogP contribution in [0.4, 0.5) is 17.6 Å². The van der Waals surface area contributed by atoms with Gasteiger partial charge in [-0.3, -0.25) is 9.59 Å². The number of carbonyl (C=O) groups is 2. The molecular weight excluding hydrogens is 496 g/mol. The molecule has 2 amide bonds. The second kappa shape index (κ2) is 11.8. The van der Waals surface area contributed by atoms with Crippen LogP contribution in [0, 0.1) is 11.2 Å². The lowest BCUT2D eigenvalue weighted by Crippen LogP contribution is -2.51. The van der Waals surface area contributed by atoms with E-state index in [1.54, 1.807) is 17.0 Å². The van der Waals surface area contributed by atoms with Gasteiger partial charge in [-0.05, 0) is 66.6 Å². The van der Waals surface area contributed by atoms with Crippen molar-refractivity contribution in [3.05, 3.63) is 107 Å². The Morgan fingerprint density at radius 3 is 2.03 bits per heavy atom. The first-order valence-corrected chi connectivity index (χ1v) is 12.7. The topological polar surface area (TPSA) is 49.4 Å². The molecule has 1 fully saturated rings. The molecule has 0 aliphatic carbocycles. The van der Waals surface area contributed by atoms with Crippen molar-refractivity contribution in [1.82, 2.24) is 10.2 Å². The molecule has 4 rings (SSSR count). The van der Waals surface area contributed by atoms with Gasteiger partial charge in [-0.25, -0.2) is 4.39 Å². The van der Waals surface area contributed by atoms with Gasteiger partial charge in [0.15, 0.2) is 0 Å². The summed E-state index contributed by atoms with van der Waals surface area (Å²) in [5.74, 6) is -0.511. The van der Waals surface area contributed by atoms with Crippen molar-refractivity contribution in [1.29, 1.82) is 0 Å². The molecule has 38 heavy (non-hydrogen) atoms. The summed E-state index contributed by atoms with van der Waals surface area (Å²) in [5.41, 5.74) is 1.10. The molecule has 3 aromatic rings. The van der Waals surface area contributed by atoms with E-state index in [4.69, 9.17) is 0 Å². The van der Waals surface area contributed by atoms with Crippen LogP contribution in [0.25, 0.3) is 0 Å². The monoisotopic (exact) mass is 526 g/mol. The summed E-state index contributed by atoms with van der Waals surface area (Å²) in [6.07, 6.45) is -2.34. The average Bonchev–Trinajstić information content (AvgIpc) is 2.92. The van der Waals surface area contributed by atoms with Gasteiger partial charge in [-0.15, -0.1) is 0 Å². The van der Waals surface area contributed by atoms with Gasteiger partial charge < -0.3 is 10.2 Å². The maximum absolute atomic E-state index is 13.5. The number of hydrogen-bond donors (Lipinski definition) is 1. The second-order valence-electron chi connectivity index (χ2n) is 9.83. The number of carbonyl (C=O) groups excluding carboxylic acids is 2. The first-order valence-electron chi connectivity index (χ1n) is 12.7. The molecule has 0 atom stereocenters. The molecule has 3 aromatic carbocycles. The van der Waals surface area contributed by atoms with Gasteiger partial charge in [0.25, 0.3) is 0 Å². The third kappa shape index (κ3) is 7.00. The Hall–Kier alpha value is -3.68. The van der Waals surface area contributed by atoms with Gasteiger partial charge in [-0.2, -0.15) is 13.2 Å². The number of nitrogens with one attached hydrogen (secondary N) is 1. The SMILES string of the molecule is O=C(CCc1ccc(C(F)(F)F)cc1)N1CCC(Cc2ccccc2)(C(=O)NCc2ccc(F)cc2)CC1. The average molecular weight is 527 g/mol. The number of halogens is 4. The second-order valence-corrected chi connectivity index (χ2v) is 9.83. The maximum Gasteiger partial charge on any atom is 0.416 e. The first kappa shape index (κ1) is 27.4. The number of amides is 2. The number of alkyl halides is 3. The highest BCUT2D eigenvalue weighted by atomic mass is 19.4. The number of rotatable bonds is 8. The summed E-state index contributed by atoms with van der Waals surface area (Å²) >= 11 is 0. The maximum atomic E-state index is 13.5. The Morgan fingerprint density at radius 1 is 0.816 bits per heavy atom. The van der Waals surface area contributed by atoms with Gasteiger partial charge in [0.2, 0.25) is 11.8 Å². The Balaban J connectivity index is 1.37. The van der Waals surface area contributed by atoms with E-state index in [0.717, 1.165) is 23.3 Å². The van der Waals surface area contributed by atoms with Crippen LogP contribution in [0.2, 0.25) is 0 Å². The van der Waals surface area contributed by atoms with E-state index >= 15 is 0 Å². The van der Waals surface area contributed by atoms with Crippen LogP contribution in [0.3, 0.4) is 0 Å².